The molecule has 0 unspecified atom stereocenters. The minimum atomic E-state index is -0.929. The van der Waals surface area contributed by atoms with Crippen LogP contribution in [0.2, 0.25) is 0 Å². The van der Waals surface area contributed by atoms with Crippen LogP contribution in [0.3, 0.4) is 0 Å². The van der Waals surface area contributed by atoms with Gasteiger partial charge in [-0.3, -0.25) is 9.69 Å². The van der Waals surface area contributed by atoms with E-state index < -0.39 is 11.0 Å². The van der Waals surface area contributed by atoms with Crippen LogP contribution in [0.1, 0.15) is 48.8 Å². The number of carbonyl (C=O) groups excluding carboxylic acids is 1. The lowest BCUT2D eigenvalue weighted by Gasteiger charge is -2.64. The summed E-state index contributed by atoms with van der Waals surface area (Å²) in [5, 5.41) is 23.4. The number of phenolic OH excluding ortho intramolecular Hbond substituents is 1. The van der Waals surface area contributed by atoms with Gasteiger partial charge in [-0.05, 0) is 80.3 Å². The van der Waals surface area contributed by atoms with E-state index in [1.807, 2.05) is 42.3 Å². The van der Waals surface area contributed by atoms with E-state index in [-0.39, 0.29) is 29.8 Å². The van der Waals surface area contributed by atoms with E-state index in [0.29, 0.717) is 25.0 Å². The lowest BCUT2D eigenvalue weighted by molar-refractivity contribution is -0.200. The Morgan fingerprint density at radius 3 is 2.83 bits per heavy atom. The number of halogens is 1. The van der Waals surface area contributed by atoms with Crippen molar-refractivity contribution in [1.29, 1.82) is 0 Å². The highest BCUT2D eigenvalue weighted by molar-refractivity contribution is 9.10. The Balaban J connectivity index is 1.26. The van der Waals surface area contributed by atoms with E-state index in [0.717, 1.165) is 47.4 Å². The summed E-state index contributed by atoms with van der Waals surface area (Å²) < 4.78 is 7.59. The third kappa shape index (κ3) is 3.12. The predicted octanol–water partition coefficient (Wildman–Crippen LogP) is 3.79. The quantitative estimate of drug-likeness (QED) is 0.590. The Labute approximate surface area is 220 Å². The van der Waals surface area contributed by atoms with Crippen molar-refractivity contribution in [2.75, 3.05) is 20.1 Å². The number of likely N-dealkylation sites (N-methyl/N-ethyl adjacent to an activating group) is 1. The molecule has 2 heterocycles. The molecule has 2 bridgehead atoms. The number of amides is 1. The number of aliphatic hydroxyl groups is 1. The van der Waals surface area contributed by atoms with E-state index in [4.69, 9.17) is 4.74 Å². The molecule has 0 radical (unpaired) electrons. The monoisotopic (exact) mass is 552 g/mol. The van der Waals surface area contributed by atoms with Gasteiger partial charge >= 0.3 is 0 Å². The van der Waals surface area contributed by atoms with Crippen molar-refractivity contribution in [2.45, 2.75) is 74.1 Å². The zero-order valence-electron chi connectivity index (χ0n) is 20.6. The number of phenols is 1. The molecule has 6 nitrogen and oxygen atoms in total. The van der Waals surface area contributed by atoms with Gasteiger partial charge in [-0.15, -0.1) is 0 Å². The number of hydrogen-bond donors (Lipinski definition) is 2. The minimum Gasteiger partial charge on any atom is -0.504 e. The first-order chi connectivity index (χ1) is 17.3. The summed E-state index contributed by atoms with van der Waals surface area (Å²) in [6.45, 7) is 1.98. The van der Waals surface area contributed by atoms with Gasteiger partial charge in [-0.1, -0.05) is 34.1 Å². The van der Waals surface area contributed by atoms with Crippen molar-refractivity contribution in [3.63, 3.8) is 0 Å². The van der Waals surface area contributed by atoms with Gasteiger partial charge in [-0.2, -0.15) is 0 Å². The first-order valence-electron chi connectivity index (χ1n) is 13.3. The number of piperidine rings is 1. The third-order valence-corrected chi connectivity index (χ3v) is 10.4. The summed E-state index contributed by atoms with van der Waals surface area (Å²) in [6.07, 6.45) is 5.41. The molecule has 5 aliphatic rings. The molecule has 2 aromatic carbocycles. The molecule has 3 fully saturated rings. The molecule has 3 aliphatic carbocycles. The van der Waals surface area contributed by atoms with E-state index in [2.05, 4.69) is 20.8 Å². The van der Waals surface area contributed by atoms with Crippen molar-refractivity contribution in [2.24, 2.45) is 5.92 Å². The maximum Gasteiger partial charge on any atom is 0.227 e. The average molecular weight is 553 g/mol. The van der Waals surface area contributed by atoms with Crippen molar-refractivity contribution >= 4 is 21.8 Å². The number of benzene rings is 2. The van der Waals surface area contributed by atoms with Crippen molar-refractivity contribution in [3.8, 4) is 11.5 Å². The van der Waals surface area contributed by atoms with Gasteiger partial charge < -0.3 is 19.8 Å². The number of rotatable bonds is 5. The molecule has 2 N–H and O–H groups in total. The van der Waals surface area contributed by atoms with Gasteiger partial charge in [-0.25, -0.2) is 0 Å². The van der Waals surface area contributed by atoms with Crippen molar-refractivity contribution in [1.82, 2.24) is 9.80 Å². The molecule has 2 aliphatic heterocycles. The molecule has 5 atom stereocenters. The number of likely N-dealkylation sites (tertiary alicyclic amines) is 1. The number of nitrogens with zero attached hydrogens (tertiary/aromatic N) is 2. The number of ether oxygens (including phenoxy) is 1. The molecule has 1 amide bonds. The summed E-state index contributed by atoms with van der Waals surface area (Å²) in [5.74, 6) is 1.47. The maximum atomic E-state index is 13.5. The highest BCUT2D eigenvalue weighted by atomic mass is 79.9. The molecule has 1 saturated heterocycles. The Morgan fingerprint density at radius 1 is 1.22 bits per heavy atom. The summed E-state index contributed by atoms with van der Waals surface area (Å²) >= 11 is 3.50. The summed E-state index contributed by atoms with van der Waals surface area (Å²) in [7, 11) is 1.88. The van der Waals surface area contributed by atoms with E-state index >= 15 is 0 Å². The van der Waals surface area contributed by atoms with E-state index in [9.17, 15) is 15.0 Å². The summed E-state index contributed by atoms with van der Waals surface area (Å²) in [4.78, 5) is 17.9. The van der Waals surface area contributed by atoms with Crippen LogP contribution in [0.5, 0.6) is 11.5 Å². The largest absolute Gasteiger partial charge is 0.504 e. The fourth-order valence-corrected chi connectivity index (χ4v) is 8.43. The first-order valence-corrected chi connectivity index (χ1v) is 14.1. The number of hydrogen-bond acceptors (Lipinski definition) is 5. The number of aromatic hydroxyl groups is 1. The van der Waals surface area contributed by atoms with Crippen LogP contribution in [0.4, 0.5) is 0 Å². The van der Waals surface area contributed by atoms with E-state index in [1.165, 1.54) is 18.4 Å². The van der Waals surface area contributed by atoms with Gasteiger partial charge in [0.1, 0.15) is 6.10 Å². The van der Waals surface area contributed by atoms with Gasteiger partial charge in [0, 0.05) is 29.7 Å². The van der Waals surface area contributed by atoms with Gasteiger partial charge in [0.05, 0.1) is 23.5 Å². The fourth-order valence-electron chi connectivity index (χ4n) is 7.98. The highest BCUT2D eigenvalue weighted by Crippen LogP contribution is 2.66. The predicted molar refractivity (Wildman–Crippen MR) is 139 cm³/mol. The van der Waals surface area contributed by atoms with Crippen LogP contribution >= 0.6 is 15.9 Å². The second-order valence-corrected chi connectivity index (χ2v) is 12.6. The van der Waals surface area contributed by atoms with Crippen LogP contribution in [0, 0.1) is 5.92 Å². The van der Waals surface area contributed by atoms with Crippen molar-refractivity contribution in [3.05, 3.63) is 57.6 Å². The highest BCUT2D eigenvalue weighted by Gasteiger charge is 2.73. The van der Waals surface area contributed by atoms with Crippen LogP contribution in [0.25, 0.3) is 0 Å². The normalized spacial score (nSPS) is 34.1. The van der Waals surface area contributed by atoms with Crippen LogP contribution in [-0.2, 0) is 23.1 Å². The Hall–Kier alpha value is -2.09. The van der Waals surface area contributed by atoms with Gasteiger partial charge in [0.2, 0.25) is 5.91 Å². The second kappa shape index (κ2) is 7.95. The first kappa shape index (κ1) is 23.1. The van der Waals surface area contributed by atoms with Crippen LogP contribution in [-0.4, -0.2) is 69.8 Å². The average Bonchev–Trinajstić information content (AvgIpc) is 3.59. The molecule has 1 spiro atoms. The third-order valence-electron chi connectivity index (χ3n) is 9.87. The second-order valence-electron chi connectivity index (χ2n) is 11.7. The standard InChI is InChI=1S/C29H33BrN2O4/c1-31(24(34)14-18-3-2-4-20(30)13-18)21-9-10-29(35)23-15-19-7-8-22(33)26-25(19)28(29,27(21)36-26)11-12-32(23)16-17-5-6-17/h2-4,7-8,13,17,21,23,27,33,35H,5-6,9-12,14-16H2,1H3/t21-,23-,27-,28-,29+/m0/s1. The summed E-state index contributed by atoms with van der Waals surface area (Å²) in [5.41, 5.74) is 1.63. The zero-order valence-corrected chi connectivity index (χ0v) is 22.2. The van der Waals surface area contributed by atoms with Gasteiger partial charge in [0.25, 0.3) is 0 Å². The molecular weight excluding hydrogens is 520 g/mol. The molecular formula is C29H33BrN2O4. The van der Waals surface area contributed by atoms with Crippen LogP contribution < -0.4 is 4.74 Å². The van der Waals surface area contributed by atoms with E-state index in [1.54, 1.807) is 6.07 Å². The summed E-state index contributed by atoms with van der Waals surface area (Å²) in [6, 6.07) is 11.5. The molecule has 7 heteroatoms. The minimum absolute atomic E-state index is 0.0440. The topological polar surface area (TPSA) is 73.2 Å². The molecule has 36 heavy (non-hydrogen) atoms. The Kier molecular flexibility index (Phi) is 5.09. The van der Waals surface area contributed by atoms with Crippen molar-refractivity contribution < 1.29 is 19.7 Å². The maximum absolute atomic E-state index is 13.5. The Morgan fingerprint density at radius 2 is 2.06 bits per heavy atom. The molecule has 2 saturated carbocycles. The Bertz CT molecular complexity index is 1250. The lowest BCUT2D eigenvalue weighted by atomic mass is 9.48. The fraction of sp³-hybridized carbons (Fsp3) is 0.552. The molecule has 7 rings (SSSR count). The molecule has 190 valence electrons. The number of carbonyl (C=O) groups is 1. The van der Waals surface area contributed by atoms with Crippen LogP contribution in [0.15, 0.2) is 40.9 Å². The SMILES string of the molecule is CN(C(=O)Cc1cccc(Br)c1)[C@H]1CC[C@@]2(O)[C@@H]3Cc4ccc(O)c5c4[C@@]2(CCN3CC2CC2)[C@H]1O5. The lowest BCUT2D eigenvalue weighted by Crippen LogP contribution is -2.78. The molecule has 2 aromatic rings. The van der Waals surface area contributed by atoms with Gasteiger partial charge in [0.15, 0.2) is 11.5 Å². The zero-order chi connectivity index (χ0) is 24.8. The smallest absolute Gasteiger partial charge is 0.227 e. The molecule has 0 aromatic heterocycles.